The third-order valence-electron chi connectivity index (χ3n) is 5.62. The zero-order valence-electron chi connectivity index (χ0n) is 16.3. The molecule has 2 aliphatic heterocycles. The summed E-state index contributed by atoms with van der Waals surface area (Å²) in [6.45, 7) is 5.47. The number of hydrogen-bond acceptors (Lipinski definition) is 4. The van der Waals surface area contributed by atoms with Gasteiger partial charge in [0.05, 0.1) is 13.2 Å². The summed E-state index contributed by atoms with van der Waals surface area (Å²) in [4.78, 5) is 28.7. The Morgan fingerprint density at radius 2 is 1.86 bits per heavy atom. The highest BCUT2D eigenvalue weighted by Gasteiger charge is 2.31. The average molecular weight is 378 g/mol. The molecule has 0 radical (unpaired) electrons. The van der Waals surface area contributed by atoms with Gasteiger partial charge >= 0.3 is 0 Å². The number of carbonyl (C=O) groups excluding carboxylic acids is 2. The maximum atomic E-state index is 12.6. The number of anilines is 2. The molecule has 0 unspecified atom stereocenters. The molecule has 0 saturated carbocycles. The summed E-state index contributed by atoms with van der Waals surface area (Å²) in [5.74, 6) is 0.490. The van der Waals surface area contributed by atoms with Crippen molar-refractivity contribution >= 4 is 23.1 Å². The largest absolute Gasteiger partial charge is 0.378 e. The van der Waals surface area contributed by atoms with Gasteiger partial charge in [-0.15, -0.1) is 0 Å². The van der Waals surface area contributed by atoms with Crippen LogP contribution in [0.1, 0.15) is 29.3 Å². The van der Waals surface area contributed by atoms with E-state index in [-0.39, 0.29) is 17.6 Å². The number of Topliss-reactive ketones (excluding diaryl/α,β-unsaturated/α-hetero) is 1. The Morgan fingerprint density at radius 3 is 2.57 bits per heavy atom. The van der Waals surface area contributed by atoms with E-state index in [1.807, 2.05) is 47.4 Å². The Kier molecular flexibility index (Phi) is 5.44. The van der Waals surface area contributed by atoms with Crippen molar-refractivity contribution in [1.29, 1.82) is 0 Å². The molecule has 4 rings (SSSR count). The topological polar surface area (TPSA) is 49.9 Å². The maximum absolute atomic E-state index is 12.6. The number of para-hydroxylation sites is 1. The number of nitrogens with zero attached hydrogens (tertiary/aromatic N) is 2. The van der Waals surface area contributed by atoms with Crippen LogP contribution in [0.4, 0.5) is 11.4 Å². The van der Waals surface area contributed by atoms with E-state index in [2.05, 4.69) is 11.0 Å². The van der Waals surface area contributed by atoms with Crippen LogP contribution < -0.4 is 9.80 Å². The molecule has 0 N–H and O–H groups in total. The fourth-order valence-electron chi connectivity index (χ4n) is 4.17. The van der Waals surface area contributed by atoms with E-state index in [0.29, 0.717) is 6.42 Å². The van der Waals surface area contributed by atoms with Crippen LogP contribution in [-0.4, -0.2) is 44.5 Å². The van der Waals surface area contributed by atoms with E-state index in [1.165, 1.54) is 5.69 Å². The molecule has 5 heteroatoms. The predicted octanol–water partition coefficient (Wildman–Crippen LogP) is 3.32. The first-order chi connectivity index (χ1) is 13.6. The first kappa shape index (κ1) is 18.7. The highest BCUT2D eigenvalue weighted by molar-refractivity contribution is 5.96. The molecule has 146 valence electrons. The van der Waals surface area contributed by atoms with E-state index in [9.17, 15) is 9.59 Å². The van der Waals surface area contributed by atoms with Gasteiger partial charge in [-0.3, -0.25) is 9.59 Å². The molecule has 0 bridgehead atoms. The van der Waals surface area contributed by atoms with Gasteiger partial charge in [-0.05, 0) is 55.2 Å². The third kappa shape index (κ3) is 3.94. The van der Waals surface area contributed by atoms with Gasteiger partial charge in [0, 0.05) is 43.0 Å². The number of ether oxygens (including phenoxy) is 1. The number of rotatable bonds is 5. The van der Waals surface area contributed by atoms with Crippen molar-refractivity contribution in [3.8, 4) is 0 Å². The number of hydrogen-bond donors (Lipinski definition) is 0. The van der Waals surface area contributed by atoms with Crippen molar-refractivity contribution in [3.05, 3.63) is 59.7 Å². The van der Waals surface area contributed by atoms with Crippen LogP contribution >= 0.6 is 0 Å². The second-order valence-electron chi connectivity index (χ2n) is 7.61. The summed E-state index contributed by atoms with van der Waals surface area (Å²) in [6, 6.07) is 15.8. The van der Waals surface area contributed by atoms with Crippen molar-refractivity contribution in [2.75, 3.05) is 42.6 Å². The van der Waals surface area contributed by atoms with Crippen molar-refractivity contribution in [1.82, 2.24) is 0 Å². The van der Waals surface area contributed by atoms with Crippen LogP contribution in [0.15, 0.2) is 48.5 Å². The normalized spacial score (nSPS) is 19.9. The Labute approximate surface area is 165 Å². The van der Waals surface area contributed by atoms with Gasteiger partial charge < -0.3 is 14.5 Å². The smallest absolute Gasteiger partial charge is 0.227 e. The van der Waals surface area contributed by atoms with Crippen LogP contribution in [0.25, 0.3) is 0 Å². The van der Waals surface area contributed by atoms with Gasteiger partial charge in [-0.1, -0.05) is 18.2 Å². The molecule has 5 nitrogen and oxygen atoms in total. The zero-order chi connectivity index (χ0) is 19.5. The molecule has 2 fully saturated rings. The number of amides is 1. The lowest BCUT2D eigenvalue weighted by molar-refractivity contribution is -0.117. The van der Waals surface area contributed by atoms with Crippen molar-refractivity contribution in [3.63, 3.8) is 0 Å². The molecule has 0 spiro atoms. The summed E-state index contributed by atoms with van der Waals surface area (Å²) in [6.07, 6.45) is 1.34. The second-order valence-corrected chi connectivity index (χ2v) is 7.61. The fourth-order valence-corrected chi connectivity index (χ4v) is 4.17. The minimum absolute atomic E-state index is 0.0724. The highest BCUT2D eigenvalue weighted by atomic mass is 16.5. The fraction of sp³-hybridized carbons (Fsp3) is 0.391. The molecule has 2 aliphatic rings. The minimum Gasteiger partial charge on any atom is -0.378 e. The van der Waals surface area contributed by atoms with Gasteiger partial charge in [0.15, 0.2) is 5.78 Å². The molecule has 1 amide bonds. The van der Waals surface area contributed by atoms with Gasteiger partial charge in [0.1, 0.15) is 0 Å². The zero-order valence-corrected chi connectivity index (χ0v) is 16.3. The average Bonchev–Trinajstić information content (AvgIpc) is 3.09. The van der Waals surface area contributed by atoms with Crippen LogP contribution in [0.3, 0.4) is 0 Å². The molecule has 2 aromatic carbocycles. The monoisotopic (exact) mass is 378 g/mol. The Balaban J connectivity index is 1.57. The van der Waals surface area contributed by atoms with Crippen molar-refractivity contribution < 1.29 is 14.3 Å². The lowest BCUT2D eigenvalue weighted by Gasteiger charge is -2.31. The van der Waals surface area contributed by atoms with Crippen LogP contribution in [-0.2, 0) is 16.0 Å². The Morgan fingerprint density at radius 1 is 1.11 bits per heavy atom. The molecule has 0 aromatic heterocycles. The molecule has 2 saturated heterocycles. The summed E-state index contributed by atoms with van der Waals surface area (Å²) in [5, 5.41) is 0. The predicted molar refractivity (Wildman–Crippen MR) is 110 cm³/mol. The Bertz CT molecular complexity index is 859. The molecule has 2 heterocycles. The van der Waals surface area contributed by atoms with Gasteiger partial charge in [-0.2, -0.15) is 0 Å². The van der Waals surface area contributed by atoms with E-state index >= 15 is 0 Å². The van der Waals surface area contributed by atoms with E-state index in [1.54, 1.807) is 6.92 Å². The molecule has 0 aliphatic carbocycles. The number of carbonyl (C=O) groups is 2. The van der Waals surface area contributed by atoms with E-state index in [4.69, 9.17) is 4.74 Å². The second kappa shape index (κ2) is 8.15. The van der Waals surface area contributed by atoms with Crippen LogP contribution in [0, 0.1) is 5.92 Å². The maximum Gasteiger partial charge on any atom is 0.227 e. The van der Waals surface area contributed by atoms with Crippen LogP contribution in [0.5, 0.6) is 0 Å². The number of ketones is 1. The van der Waals surface area contributed by atoms with Crippen LogP contribution in [0.2, 0.25) is 0 Å². The van der Waals surface area contributed by atoms with E-state index < -0.39 is 0 Å². The third-order valence-corrected chi connectivity index (χ3v) is 5.62. The lowest BCUT2D eigenvalue weighted by atomic mass is 9.94. The van der Waals surface area contributed by atoms with Crippen molar-refractivity contribution in [2.24, 2.45) is 5.92 Å². The number of benzene rings is 2. The molecular weight excluding hydrogens is 352 g/mol. The summed E-state index contributed by atoms with van der Waals surface area (Å²) in [7, 11) is 0. The van der Waals surface area contributed by atoms with E-state index in [0.717, 1.165) is 56.1 Å². The first-order valence-electron chi connectivity index (χ1n) is 9.94. The van der Waals surface area contributed by atoms with Crippen molar-refractivity contribution in [2.45, 2.75) is 19.8 Å². The van der Waals surface area contributed by atoms with Gasteiger partial charge in [-0.25, -0.2) is 0 Å². The minimum atomic E-state index is 0.0724. The first-order valence-corrected chi connectivity index (χ1v) is 9.94. The molecule has 1 atom stereocenters. The number of morpholine rings is 1. The standard InChI is InChI=1S/C23H26N2O3/c1-17(26)19-7-8-22(24-9-11-28-12-10-24)20(15-19)13-18-14-23(27)25(16-18)21-5-3-2-4-6-21/h2-8,15,18H,9-14,16H2,1H3/t18-/m1/s1. The summed E-state index contributed by atoms with van der Waals surface area (Å²) < 4.78 is 5.49. The quantitative estimate of drug-likeness (QED) is 0.749. The summed E-state index contributed by atoms with van der Waals surface area (Å²) in [5.41, 5.74) is 4.01. The summed E-state index contributed by atoms with van der Waals surface area (Å²) >= 11 is 0. The van der Waals surface area contributed by atoms with Gasteiger partial charge in [0.25, 0.3) is 0 Å². The molecule has 28 heavy (non-hydrogen) atoms. The van der Waals surface area contributed by atoms with Gasteiger partial charge in [0.2, 0.25) is 5.91 Å². The lowest BCUT2D eigenvalue weighted by Crippen LogP contribution is -2.37. The molecular formula is C23H26N2O3. The Hall–Kier alpha value is -2.66. The highest BCUT2D eigenvalue weighted by Crippen LogP contribution is 2.31. The SMILES string of the molecule is CC(=O)c1ccc(N2CCOCC2)c(C[C@@H]2CC(=O)N(c3ccccc3)C2)c1. The molecule has 2 aromatic rings.